The van der Waals surface area contributed by atoms with Crippen molar-refractivity contribution < 1.29 is 14.7 Å². The molecular formula is C11H16N4O3. The number of hydrogen-bond donors (Lipinski definition) is 1. The summed E-state index contributed by atoms with van der Waals surface area (Å²) in [6.07, 6.45) is 0.389. The van der Waals surface area contributed by atoms with Crippen LogP contribution in [0, 0.1) is 22.7 Å². The van der Waals surface area contributed by atoms with Crippen LogP contribution < -0.4 is 0 Å². The number of carboxylic acids is 1. The monoisotopic (exact) mass is 252 g/mol. The minimum Gasteiger partial charge on any atom is -0.480 e. The fourth-order valence-electron chi connectivity index (χ4n) is 1.35. The van der Waals surface area contributed by atoms with Crippen LogP contribution >= 0.6 is 0 Å². The Balaban J connectivity index is 4.32. The van der Waals surface area contributed by atoms with Crippen LogP contribution in [0.1, 0.15) is 12.8 Å². The zero-order valence-electron chi connectivity index (χ0n) is 10.3. The number of carboxylic acid groups (broad SMARTS) is 1. The first-order valence-electron chi connectivity index (χ1n) is 5.43. The van der Waals surface area contributed by atoms with Crippen molar-refractivity contribution in [2.75, 3.05) is 33.2 Å². The summed E-state index contributed by atoms with van der Waals surface area (Å²) in [4.78, 5) is 25.1. The number of nitriles is 2. The molecule has 0 aromatic heterocycles. The van der Waals surface area contributed by atoms with Gasteiger partial charge < -0.3 is 10.0 Å². The Morgan fingerprint density at radius 1 is 1.11 bits per heavy atom. The molecule has 1 N–H and O–H groups in total. The molecular weight excluding hydrogens is 236 g/mol. The van der Waals surface area contributed by atoms with Gasteiger partial charge in [-0.2, -0.15) is 10.5 Å². The lowest BCUT2D eigenvalue weighted by molar-refractivity contribution is -0.139. The first-order valence-corrected chi connectivity index (χ1v) is 5.43. The van der Waals surface area contributed by atoms with Crippen molar-refractivity contribution in [3.05, 3.63) is 0 Å². The minimum atomic E-state index is -1.01. The highest BCUT2D eigenvalue weighted by Gasteiger charge is 2.16. The van der Waals surface area contributed by atoms with Crippen LogP contribution in [0.15, 0.2) is 0 Å². The zero-order valence-corrected chi connectivity index (χ0v) is 10.3. The van der Waals surface area contributed by atoms with E-state index >= 15 is 0 Å². The number of carbonyl (C=O) groups excluding carboxylic acids is 1. The summed E-state index contributed by atoms with van der Waals surface area (Å²) < 4.78 is 0. The summed E-state index contributed by atoms with van der Waals surface area (Å²) in [5.74, 6) is -1.28. The van der Waals surface area contributed by atoms with E-state index in [1.54, 1.807) is 0 Å². The fraction of sp³-hybridized carbons (Fsp3) is 0.636. The van der Waals surface area contributed by atoms with Gasteiger partial charge in [0, 0.05) is 13.1 Å². The Morgan fingerprint density at radius 3 is 2.00 bits per heavy atom. The van der Waals surface area contributed by atoms with Gasteiger partial charge in [0.1, 0.15) is 0 Å². The largest absolute Gasteiger partial charge is 0.480 e. The molecule has 0 bridgehead atoms. The van der Waals surface area contributed by atoms with Crippen LogP contribution in [-0.4, -0.2) is 60.0 Å². The normalized spacial score (nSPS) is 9.56. The molecule has 0 spiro atoms. The molecule has 0 heterocycles. The number of aliphatic carboxylic acids is 1. The number of nitrogens with zero attached hydrogens (tertiary/aromatic N) is 4. The van der Waals surface area contributed by atoms with Gasteiger partial charge in [-0.1, -0.05) is 0 Å². The summed E-state index contributed by atoms with van der Waals surface area (Å²) in [7, 11) is 1.53. The van der Waals surface area contributed by atoms with Crippen LogP contribution in [0.2, 0.25) is 0 Å². The highest BCUT2D eigenvalue weighted by molar-refractivity contribution is 5.79. The lowest BCUT2D eigenvalue weighted by Gasteiger charge is -2.23. The van der Waals surface area contributed by atoms with Gasteiger partial charge in [-0.3, -0.25) is 14.5 Å². The summed E-state index contributed by atoms with van der Waals surface area (Å²) in [6, 6.07) is 3.86. The first-order chi connectivity index (χ1) is 8.51. The number of rotatable bonds is 8. The third-order valence-corrected chi connectivity index (χ3v) is 2.15. The lowest BCUT2D eigenvalue weighted by atomic mass is 10.3. The van der Waals surface area contributed by atoms with Gasteiger partial charge in [0.15, 0.2) is 0 Å². The molecule has 0 saturated carbocycles. The van der Waals surface area contributed by atoms with Gasteiger partial charge in [-0.25, -0.2) is 0 Å². The number of likely N-dealkylation sites (N-methyl/N-ethyl adjacent to an activating group) is 1. The van der Waals surface area contributed by atoms with Crippen molar-refractivity contribution in [2.24, 2.45) is 0 Å². The maximum atomic E-state index is 11.8. The SMILES string of the molecule is CN(CC(=O)O)CC(=O)N(CCC#N)CCC#N. The van der Waals surface area contributed by atoms with Crippen LogP contribution in [0.5, 0.6) is 0 Å². The molecule has 7 heteroatoms. The molecule has 1 amide bonds. The maximum Gasteiger partial charge on any atom is 0.317 e. The Hall–Kier alpha value is -2.12. The van der Waals surface area contributed by atoms with Gasteiger partial charge in [-0.05, 0) is 7.05 Å². The lowest BCUT2D eigenvalue weighted by Crippen LogP contribution is -2.41. The van der Waals surface area contributed by atoms with Gasteiger partial charge in [0.2, 0.25) is 5.91 Å². The number of hydrogen-bond acceptors (Lipinski definition) is 5. The van der Waals surface area contributed by atoms with Crippen LogP contribution in [0.25, 0.3) is 0 Å². The molecule has 0 rings (SSSR count). The summed E-state index contributed by atoms with van der Waals surface area (Å²) >= 11 is 0. The first kappa shape index (κ1) is 15.9. The smallest absolute Gasteiger partial charge is 0.317 e. The van der Waals surface area contributed by atoms with E-state index in [4.69, 9.17) is 15.6 Å². The molecule has 0 aliphatic carbocycles. The van der Waals surface area contributed by atoms with E-state index < -0.39 is 5.97 Å². The molecule has 0 aliphatic heterocycles. The molecule has 18 heavy (non-hydrogen) atoms. The molecule has 7 nitrogen and oxygen atoms in total. The van der Waals surface area contributed by atoms with Crippen LogP contribution in [0.4, 0.5) is 0 Å². The van der Waals surface area contributed by atoms with E-state index in [2.05, 4.69) is 0 Å². The van der Waals surface area contributed by atoms with Crippen LogP contribution in [-0.2, 0) is 9.59 Å². The second-order valence-electron chi connectivity index (χ2n) is 3.76. The van der Waals surface area contributed by atoms with Crippen molar-refractivity contribution in [3.63, 3.8) is 0 Å². The summed E-state index contributed by atoms with van der Waals surface area (Å²) in [6.45, 7) is 0.259. The van der Waals surface area contributed by atoms with Crippen molar-refractivity contribution >= 4 is 11.9 Å². The predicted molar refractivity (Wildman–Crippen MR) is 62.2 cm³/mol. The minimum absolute atomic E-state index is 0.0385. The summed E-state index contributed by atoms with van der Waals surface area (Å²) in [5, 5.41) is 25.5. The second-order valence-corrected chi connectivity index (χ2v) is 3.76. The molecule has 0 aromatic carbocycles. The Labute approximate surface area is 106 Å². The molecule has 0 saturated heterocycles. The van der Waals surface area contributed by atoms with Gasteiger partial charge in [0.05, 0.1) is 38.1 Å². The molecule has 0 atom stereocenters. The fourth-order valence-corrected chi connectivity index (χ4v) is 1.35. The Bertz CT molecular complexity index is 351. The highest BCUT2D eigenvalue weighted by Crippen LogP contribution is 1.97. The van der Waals surface area contributed by atoms with E-state index in [0.717, 1.165) is 0 Å². The van der Waals surface area contributed by atoms with E-state index in [0.29, 0.717) is 0 Å². The quantitative estimate of drug-likeness (QED) is 0.633. The van der Waals surface area contributed by atoms with Crippen LogP contribution in [0.3, 0.4) is 0 Å². The summed E-state index contributed by atoms with van der Waals surface area (Å²) in [5.41, 5.74) is 0. The average molecular weight is 252 g/mol. The van der Waals surface area contributed by atoms with E-state index in [1.165, 1.54) is 16.8 Å². The standard InChI is InChI=1S/C11H16N4O3/c1-14(9-11(17)18)8-10(16)15(6-2-4-12)7-3-5-13/h2-3,6-9H2,1H3,(H,17,18). The van der Waals surface area contributed by atoms with E-state index in [1.807, 2.05) is 12.1 Å². The molecule has 0 fully saturated rings. The van der Waals surface area contributed by atoms with Gasteiger partial charge in [0.25, 0.3) is 0 Å². The second kappa shape index (κ2) is 8.97. The van der Waals surface area contributed by atoms with E-state index in [-0.39, 0.29) is 44.9 Å². The number of amides is 1. The number of carbonyl (C=O) groups is 2. The molecule has 0 radical (unpaired) electrons. The van der Waals surface area contributed by atoms with Gasteiger partial charge in [-0.15, -0.1) is 0 Å². The highest BCUT2D eigenvalue weighted by atomic mass is 16.4. The molecule has 0 aliphatic rings. The average Bonchev–Trinajstić information content (AvgIpc) is 2.27. The third-order valence-electron chi connectivity index (χ3n) is 2.15. The predicted octanol–water partition coefficient (Wildman–Crippen LogP) is -0.341. The molecule has 0 unspecified atom stereocenters. The zero-order chi connectivity index (χ0) is 14.0. The third kappa shape index (κ3) is 7.20. The van der Waals surface area contributed by atoms with Gasteiger partial charge >= 0.3 is 5.97 Å². The topological polar surface area (TPSA) is 108 Å². The van der Waals surface area contributed by atoms with Crippen molar-refractivity contribution in [1.29, 1.82) is 10.5 Å². The molecule has 98 valence electrons. The van der Waals surface area contributed by atoms with E-state index in [9.17, 15) is 9.59 Å². The van der Waals surface area contributed by atoms with Crippen molar-refractivity contribution in [1.82, 2.24) is 9.80 Å². The van der Waals surface area contributed by atoms with Crippen molar-refractivity contribution in [2.45, 2.75) is 12.8 Å². The molecule has 0 aromatic rings. The Morgan fingerprint density at radius 2 is 1.61 bits per heavy atom. The Kier molecular flexibility index (Phi) is 7.91. The van der Waals surface area contributed by atoms with Crippen molar-refractivity contribution in [3.8, 4) is 12.1 Å². The maximum absolute atomic E-state index is 11.8.